The van der Waals surface area contributed by atoms with Gasteiger partial charge in [-0.25, -0.2) is 4.79 Å². The number of hydrogen-bond acceptors (Lipinski definition) is 6. The van der Waals surface area contributed by atoms with E-state index >= 15 is 0 Å². The Hall–Kier alpha value is -1.86. The van der Waals surface area contributed by atoms with Crippen LogP contribution in [0, 0.1) is 0 Å². The van der Waals surface area contributed by atoms with E-state index in [-0.39, 0.29) is 5.69 Å². The first kappa shape index (κ1) is 14.1. The van der Waals surface area contributed by atoms with Crippen molar-refractivity contribution in [3.8, 4) is 0 Å². The van der Waals surface area contributed by atoms with Gasteiger partial charge in [0.15, 0.2) is 11.5 Å². The molecule has 1 aromatic rings. The Kier molecular flexibility index (Phi) is 3.46. The number of nitrogen functional groups attached to an aromatic ring is 1. The molecule has 1 aliphatic carbocycles. The van der Waals surface area contributed by atoms with Crippen molar-refractivity contribution >= 4 is 17.2 Å². The van der Waals surface area contributed by atoms with Crippen LogP contribution in [0.4, 0.5) is 5.69 Å². The molecule has 7 heteroatoms. The number of esters is 1. The monoisotopic (exact) mass is 293 g/mol. The number of aromatic nitrogens is 2. The Bertz CT molecular complexity index is 600. The summed E-state index contributed by atoms with van der Waals surface area (Å²) in [5, 5.41) is 4.36. The lowest BCUT2D eigenvalue weighted by molar-refractivity contribution is -0.159. The number of anilines is 1. The van der Waals surface area contributed by atoms with Crippen LogP contribution in [0.1, 0.15) is 35.4 Å². The standard InChI is InChI=1S/C14H19N3O4/c1-17-12(13(18)19-2)10(15)11(16-17)9-3-5-14(6-4-9)20-7-8-21-14/h3H,4-8,15H2,1-2H3. The van der Waals surface area contributed by atoms with Gasteiger partial charge in [-0.15, -0.1) is 0 Å². The fourth-order valence-electron chi connectivity index (χ4n) is 2.90. The maximum Gasteiger partial charge on any atom is 0.358 e. The molecule has 2 aliphatic rings. The molecule has 0 unspecified atom stereocenters. The summed E-state index contributed by atoms with van der Waals surface area (Å²) in [4.78, 5) is 11.7. The van der Waals surface area contributed by atoms with Gasteiger partial charge in [0.2, 0.25) is 0 Å². The van der Waals surface area contributed by atoms with Crippen LogP contribution in [0.15, 0.2) is 6.08 Å². The SMILES string of the molecule is COC(=O)c1c(N)c(C2=CCC3(CC2)OCCO3)nn1C. The number of carbonyl (C=O) groups excluding carboxylic acids is 1. The average Bonchev–Trinajstić information content (AvgIpc) is 3.05. The molecular formula is C14H19N3O4. The van der Waals surface area contributed by atoms with Gasteiger partial charge in [-0.3, -0.25) is 4.68 Å². The molecule has 0 bridgehead atoms. The quantitative estimate of drug-likeness (QED) is 0.821. The van der Waals surface area contributed by atoms with Gasteiger partial charge in [-0.1, -0.05) is 6.08 Å². The Labute approximate surface area is 122 Å². The molecule has 0 saturated carbocycles. The van der Waals surface area contributed by atoms with E-state index in [0.29, 0.717) is 31.0 Å². The van der Waals surface area contributed by atoms with E-state index in [4.69, 9.17) is 19.9 Å². The van der Waals surface area contributed by atoms with Gasteiger partial charge in [0.1, 0.15) is 5.69 Å². The maximum atomic E-state index is 11.7. The van der Waals surface area contributed by atoms with E-state index in [1.54, 1.807) is 7.05 Å². The minimum atomic E-state index is -0.482. The highest BCUT2D eigenvalue weighted by Crippen LogP contribution is 2.39. The summed E-state index contributed by atoms with van der Waals surface area (Å²) < 4.78 is 17.6. The summed E-state index contributed by atoms with van der Waals surface area (Å²) in [7, 11) is 3.01. The molecule has 0 amide bonds. The number of ether oxygens (including phenoxy) is 3. The van der Waals surface area contributed by atoms with Crippen molar-refractivity contribution in [3.63, 3.8) is 0 Å². The van der Waals surface area contributed by atoms with Crippen LogP contribution in [0.3, 0.4) is 0 Å². The minimum absolute atomic E-state index is 0.280. The molecule has 3 rings (SSSR count). The Balaban J connectivity index is 1.88. The lowest BCUT2D eigenvalue weighted by atomic mass is 9.91. The Morgan fingerprint density at radius 3 is 2.76 bits per heavy atom. The average molecular weight is 293 g/mol. The van der Waals surface area contributed by atoms with Crippen LogP contribution in [-0.2, 0) is 21.3 Å². The van der Waals surface area contributed by atoms with Gasteiger partial charge in [-0.2, -0.15) is 5.10 Å². The highest BCUT2D eigenvalue weighted by atomic mass is 16.7. The third kappa shape index (κ3) is 2.32. The number of carbonyl (C=O) groups is 1. The number of aryl methyl sites for hydroxylation is 1. The van der Waals surface area contributed by atoms with Crippen LogP contribution in [0.25, 0.3) is 5.57 Å². The zero-order chi connectivity index (χ0) is 15.0. The molecule has 2 heterocycles. The zero-order valence-electron chi connectivity index (χ0n) is 12.2. The highest BCUT2D eigenvalue weighted by molar-refractivity contribution is 5.96. The van der Waals surface area contributed by atoms with Crippen LogP contribution >= 0.6 is 0 Å². The van der Waals surface area contributed by atoms with Crippen LogP contribution in [0.5, 0.6) is 0 Å². The molecular weight excluding hydrogens is 274 g/mol. The van der Waals surface area contributed by atoms with E-state index in [9.17, 15) is 4.79 Å². The number of nitrogens with zero attached hydrogens (tertiary/aromatic N) is 2. The van der Waals surface area contributed by atoms with Crippen molar-refractivity contribution in [1.29, 1.82) is 0 Å². The molecule has 1 aliphatic heterocycles. The molecule has 1 saturated heterocycles. The van der Waals surface area contributed by atoms with Crippen molar-refractivity contribution in [3.05, 3.63) is 17.5 Å². The predicted molar refractivity (Wildman–Crippen MR) is 75.4 cm³/mol. The molecule has 2 N–H and O–H groups in total. The van der Waals surface area contributed by atoms with Crippen molar-refractivity contribution in [1.82, 2.24) is 9.78 Å². The molecule has 0 radical (unpaired) electrons. The molecule has 1 fully saturated rings. The number of nitrogens with two attached hydrogens (primary N) is 1. The number of allylic oxidation sites excluding steroid dienone is 1. The van der Waals surface area contributed by atoms with Crippen molar-refractivity contribution in [2.24, 2.45) is 7.05 Å². The number of hydrogen-bond donors (Lipinski definition) is 1. The smallest absolute Gasteiger partial charge is 0.358 e. The molecule has 0 aromatic carbocycles. The molecule has 1 aromatic heterocycles. The molecule has 1 spiro atoms. The summed E-state index contributed by atoms with van der Waals surface area (Å²) in [6.45, 7) is 1.28. The molecule has 21 heavy (non-hydrogen) atoms. The van der Waals surface area contributed by atoms with Gasteiger partial charge in [0.05, 0.1) is 26.0 Å². The predicted octanol–water partition coefficient (Wildman–Crippen LogP) is 1.10. The summed E-state index contributed by atoms with van der Waals surface area (Å²) in [6.07, 6.45) is 4.23. The lowest BCUT2D eigenvalue weighted by Crippen LogP contribution is -2.31. The summed E-state index contributed by atoms with van der Waals surface area (Å²) in [5.41, 5.74) is 8.37. The van der Waals surface area contributed by atoms with Gasteiger partial charge in [0.25, 0.3) is 0 Å². The van der Waals surface area contributed by atoms with Crippen LogP contribution in [0.2, 0.25) is 0 Å². The fraction of sp³-hybridized carbons (Fsp3) is 0.571. The Morgan fingerprint density at radius 1 is 1.48 bits per heavy atom. The molecule has 7 nitrogen and oxygen atoms in total. The minimum Gasteiger partial charge on any atom is -0.464 e. The third-order valence-electron chi connectivity index (χ3n) is 4.02. The summed E-state index contributed by atoms with van der Waals surface area (Å²) in [6, 6.07) is 0. The normalized spacial score (nSPS) is 20.6. The van der Waals surface area contributed by atoms with Crippen LogP contribution in [-0.4, -0.2) is 41.9 Å². The number of methoxy groups -OCH3 is 1. The van der Waals surface area contributed by atoms with Gasteiger partial charge >= 0.3 is 5.97 Å². The van der Waals surface area contributed by atoms with E-state index < -0.39 is 11.8 Å². The number of rotatable bonds is 2. The van der Waals surface area contributed by atoms with Crippen molar-refractivity contribution in [2.75, 3.05) is 26.1 Å². The van der Waals surface area contributed by atoms with Gasteiger partial charge in [-0.05, 0) is 12.0 Å². The first-order valence-corrected chi connectivity index (χ1v) is 6.94. The van der Waals surface area contributed by atoms with E-state index in [2.05, 4.69) is 5.10 Å². The molecule has 114 valence electrons. The summed E-state index contributed by atoms with van der Waals surface area (Å²) >= 11 is 0. The summed E-state index contributed by atoms with van der Waals surface area (Å²) in [5.74, 6) is -0.956. The highest BCUT2D eigenvalue weighted by Gasteiger charge is 2.38. The van der Waals surface area contributed by atoms with Crippen molar-refractivity contribution in [2.45, 2.75) is 25.0 Å². The van der Waals surface area contributed by atoms with E-state index in [0.717, 1.165) is 18.4 Å². The molecule has 0 atom stereocenters. The third-order valence-corrected chi connectivity index (χ3v) is 4.02. The fourth-order valence-corrected chi connectivity index (χ4v) is 2.90. The topological polar surface area (TPSA) is 88.6 Å². The lowest BCUT2D eigenvalue weighted by Gasteiger charge is -2.30. The van der Waals surface area contributed by atoms with Crippen LogP contribution < -0.4 is 5.73 Å². The second-order valence-corrected chi connectivity index (χ2v) is 5.27. The first-order valence-electron chi connectivity index (χ1n) is 6.94. The van der Waals surface area contributed by atoms with Crippen molar-refractivity contribution < 1.29 is 19.0 Å². The van der Waals surface area contributed by atoms with E-state index in [1.165, 1.54) is 11.8 Å². The second-order valence-electron chi connectivity index (χ2n) is 5.27. The zero-order valence-corrected chi connectivity index (χ0v) is 12.2. The largest absolute Gasteiger partial charge is 0.464 e. The van der Waals surface area contributed by atoms with Gasteiger partial charge in [0, 0.05) is 19.9 Å². The Morgan fingerprint density at radius 2 is 2.19 bits per heavy atom. The van der Waals surface area contributed by atoms with E-state index in [1.807, 2.05) is 6.08 Å². The first-order chi connectivity index (χ1) is 10.1. The maximum absolute atomic E-state index is 11.7. The van der Waals surface area contributed by atoms with Gasteiger partial charge < -0.3 is 19.9 Å². The second kappa shape index (κ2) is 5.16.